The molecule has 2 aliphatic rings. The third-order valence-electron chi connectivity index (χ3n) is 3.45. The molecule has 2 aliphatic heterocycles. The van der Waals surface area contributed by atoms with Gasteiger partial charge in [0.1, 0.15) is 24.5 Å². The Labute approximate surface area is 111 Å². The van der Waals surface area contributed by atoms with E-state index in [2.05, 4.69) is 0 Å². The molecule has 0 bridgehead atoms. The molecular formula is C11H19N3O5. The van der Waals surface area contributed by atoms with E-state index in [4.69, 9.17) is 20.3 Å². The van der Waals surface area contributed by atoms with Crippen LogP contribution in [0.2, 0.25) is 0 Å². The summed E-state index contributed by atoms with van der Waals surface area (Å²) in [6.07, 6.45) is -0.653. The minimum atomic E-state index is -0.998. The lowest BCUT2D eigenvalue weighted by Crippen LogP contribution is -2.56. The second-order valence-corrected chi connectivity index (χ2v) is 4.57. The maximum atomic E-state index is 12.1. The number of ether oxygens (including phenoxy) is 2. The maximum Gasteiger partial charge on any atom is 0.327 e. The number of methoxy groups -OCH3 is 1. The van der Waals surface area contributed by atoms with Crippen molar-refractivity contribution in [3.8, 4) is 0 Å². The zero-order chi connectivity index (χ0) is 14.2. The molecule has 1 saturated heterocycles. The van der Waals surface area contributed by atoms with Crippen molar-refractivity contribution in [1.29, 1.82) is 0 Å². The Morgan fingerprint density at radius 1 is 1.58 bits per heavy atom. The van der Waals surface area contributed by atoms with Gasteiger partial charge in [-0.15, -0.1) is 0 Å². The van der Waals surface area contributed by atoms with E-state index in [0.717, 1.165) is 0 Å². The molecule has 1 fully saturated rings. The van der Waals surface area contributed by atoms with E-state index < -0.39 is 30.7 Å². The van der Waals surface area contributed by atoms with Gasteiger partial charge in [0.05, 0.1) is 6.61 Å². The van der Waals surface area contributed by atoms with Crippen LogP contribution < -0.4 is 5.73 Å². The molecule has 5 atom stereocenters. The summed E-state index contributed by atoms with van der Waals surface area (Å²) in [5, 5.41) is 19.1. The third-order valence-corrected chi connectivity index (χ3v) is 3.45. The molecule has 0 aliphatic carbocycles. The highest BCUT2D eigenvalue weighted by Gasteiger charge is 2.48. The lowest BCUT2D eigenvalue weighted by molar-refractivity contribution is -0.0778. The van der Waals surface area contributed by atoms with E-state index in [-0.39, 0.29) is 12.6 Å². The number of nitrogens with two attached hydrogens (primary N) is 1. The molecule has 0 spiro atoms. The fraction of sp³-hybridized carbons (Fsp3) is 0.727. The monoisotopic (exact) mass is 273 g/mol. The van der Waals surface area contributed by atoms with Crippen molar-refractivity contribution < 1.29 is 24.5 Å². The summed E-state index contributed by atoms with van der Waals surface area (Å²) in [6, 6.07) is -0.354. The molecule has 8 heteroatoms. The van der Waals surface area contributed by atoms with Gasteiger partial charge in [-0.1, -0.05) is 0 Å². The maximum absolute atomic E-state index is 12.1. The first-order chi connectivity index (χ1) is 9.01. The Hall–Kier alpha value is -1.19. The second kappa shape index (κ2) is 5.43. The molecule has 2 amide bonds. The summed E-state index contributed by atoms with van der Waals surface area (Å²) in [5.74, 6) is 0. The van der Waals surface area contributed by atoms with Gasteiger partial charge < -0.3 is 30.3 Å². The van der Waals surface area contributed by atoms with Gasteiger partial charge in [0.15, 0.2) is 6.23 Å². The number of carbonyl (C=O) groups excluding carboxylic acids is 1. The number of nitrogens with zero attached hydrogens (tertiary/aromatic N) is 2. The van der Waals surface area contributed by atoms with Gasteiger partial charge in [-0.3, -0.25) is 4.90 Å². The van der Waals surface area contributed by atoms with Crippen molar-refractivity contribution in [2.75, 3.05) is 20.8 Å². The summed E-state index contributed by atoms with van der Waals surface area (Å²) in [4.78, 5) is 14.8. The molecule has 2 rings (SSSR count). The molecular weight excluding hydrogens is 254 g/mol. The van der Waals surface area contributed by atoms with Crippen molar-refractivity contribution in [2.45, 2.75) is 30.7 Å². The fourth-order valence-corrected chi connectivity index (χ4v) is 2.23. The third kappa shape index (κ3) is 2.33. The van der Waals surface area contributed by atoms with Crippen LogP contribution in [0.5, 0.6) is 0 Å². The standard InChI is InChI=1S/C11H19N3O5/c1-13-7(12)3-4-14(11(13)17)10-9(18-2)8(16)6(5-15)19-10/h3-4,6-10,15-16H,5,12H2,1-2H3/t6-,7?,8-,9-,10-/m1/s1. The van der Waals surface area contributed by atoms with Crippen LogP contribution in [0.15, 0.2) is 12.3 Å². The lowest BCUT2D eigenvalue weighted by Gasteiger charge is -2.37. The Balaban J connectivity index is 2.21. The van der Waals surface area contributed by atoms with Crippen molar-refractivity contribution in [2.24, 2.45) is 5.73 Å². The summed E-state index contributed by atoms with van der Waals surface area (Å²) in [7, 11) is 2.98. The number of amides is 2. The predicted octanol–water partition coefficient (Wildman–Crippen LogP) is -1.75. The molecule has 2 heterocycles. The second-order valence-electron chi connectivity index (χ2n) is 4.57. The van der Waals surface area contributed by atoms with E-state index in [1.807, 2.05) is 0 Å². The van der Waals surface area contributed by atoms with Crippen molar-refractivity contribution in [3.63, 3.8) is 0 Å². The first-order valence-electron chi connectivity index (χ1n) is 5.97. The van der Waals surface area contributed by atoms with Gasteiger partial charge in [-0.2, -0.15) is 0 Å². The van der Waals surface area contributed by atoms with Gasteiger partial charge in [0.25, 0.3) is 0 Å². The van der Waals surface area contributed by atoms with Crippen LogP contribution in [0.3, 0.4) is 0 Å². The molecule has 0 aromatic carbocycles. The number of likely N-dealkylation sites (N-methyl/N-ethyl adjacent to an activating group) is 1. The Morgan fingerprint density at radius 3 is 2.84 bits per heavy atom. The number of hydrogen-bond donors (Lipinski definition) is 3. The molecule has 4 N–H and O–H groups in total. The minimum absolute atomic E-state index is 0.349. The summed E-state index contributed by atoms with van der Waals surface area (Å²) >= 11 is 0. The molecule has 0 saturated carbocycles. The number of rotatable bonds is 3. The molecule has 0 radical (unpaired) electrons. The Morgan fingerprint density at radius 2 is 2.26 bits per heavy atom. The number of aliphatic hydroxyl groups is 2. The highest BCUT2D eigenvalue weighted by molar-refractivity contribution is 5.77. The van der Waals surface area contributed by atoms with Crippen LogP contribution in [0, 0.1) is 0 Å². The topological polar surface area (TPSA) is 108 Å². The first kappa shape index (κ1) is 14.2. The average Bonchev–Trinajstić information content (AvgIpc) is 2.72. The van der Waals surface area contributed by atoms with Crippen LogP contribution in [0.1, 0.15) is 0 Å². The SMILES string of the molecule is CO[C@@H]1[C@H](O)[C@@H](CO)O[C@H]1N1C=CC(N)N(C)C1=O. The normalized spacial score (nSPS) is 39.2. The van der Waals surface area contributed by atoms with E-state index in [0.29, 0.717) is 0 Å². The zero-order valence-electron chi connectivity index (χ0n) is 10.8. The van der Waals surface area contributed by atoms with Crippen LogP contribution >= 0.6 is 0 Å². The largest absolute Gasteiger partial charge is 0.394 e. The van der Waals surface area contributed by atoms with Gasteiger partial charge in [0, 0.05) is 20.4 Å². The molecule has 0 aromatic heterocycles. The van der Waals surface area contributed by atoms with Gasteiger partial charge in [-0.05, 0) is 6.08 Å². The summed E-state index contributed by atoms with van der Waals surface area (Å²) in [5.41, 5.74) is 5.71. The number of urea groups is 1. The Kier molecular flexibility index (Phi) is 4.07. The zero-order valence-corrected chi connectivity index (χ0v) is 10.8. The van der Waals surface area contributed by atoms with E-state index in [9.17, 15) is 9.90 Å². The smallest absolute Gasteiger partial charge is 0.327 e. The molecule has 0 aromatic rings. The van der Waals surface area contributed by atoms with Crippen LogP contribution in [0.25, 0.3) is 0 Å². The lowest BCUT2D eigenvalue weighted by atomic mass is 10.1. The van der Waals surface area contributed by atoms with Gasteiger partial charge >= 0.3 is 6.03 Å². The van der Waals surface area contributed by atoms with Crippen molar-refractivity contribution >= 4 is 6.03 Å². The number of carbonyl (C=O) groups is 1. The van der Waals surface area contributed by atoms with Crippen LogP contribution in [-0.4, -0.2) is 77.5 Å². The minimum Gasteiger partial charge on any atom is -0.394 e. The molecule has 8 nitrogen and oxygen atoms in total. The van der Waals surface area contributed by atoms with Crippen molar-refractivity contribution in [1.82, 2.24) is 9.80 Å². The molecule has 19 heavy (non-hydrogen) atoms. The fourth-order valence-electron chi connectivity index (χ4n) is 2.23. The first-order valence-corrected chi connectivity index (χ1v) is 5.97. The molecule has 1 unspecified atom stereocenters. The van der Waals surface area contributed by atoms with E-state index in [1.165, 1.54) is 23.1 Å². The van der Waals surface area contributed by atoms with Crippen molar-refractivity contribution in [3.05, 3.63) is 12.3 Å². The number of aliphatic hydroxyl groups excluding tert-OH is 2. The van der Waals surface area contributed by atoms with Crippen LogP contribution in [0.4, 0.5) is 4.79 Å². The Bertz CT molecular complexity index is 377. The van der Waals surface area contributed by atoms with Crippen LogP contribution in [-0.2, 0) is 9.47 Å². The highest BCUT2D eigenvalue weighted by Crippen LogP contribution is 2.28. The van der Waals surface area contributed by atoms with E-state index in [1.54, 1.807) is 13.1 Å². The summed E-state index contributed by atoms with van der Waals surface area (Å²) in [6.45, 7) is -0.349. The predicted molar refractivity (Wildman–Crippen MR) is 64.7 cm³/mol. The molecule has 108 valence electrons. The quantitative estimate of drug-likeness (QED) is 0.562. The average molecular weight is 273 g/mol. The van der Waals surface area contributed by atoms with Gasteiger partial charge in [-0.25, -0.2) is 4.79 Å². The van der Waals surface area contributed by atoms with Gasteiger partial charge in [0.2, 0.25) is 0 Å². The van der Waals surface area contributed by atoms with E-state index >= 15 is 0 Å². The highest BCUT2D eigenvalue weighted by atomic mass is 16.6. The summed E-state index contributed by atoms with van der Waals surface area (Å²) < 4.78 is 10.6. The number of hydrogen-bond acceptors (Lipinski definition) is 6.